The Balaban J connectivity index is 1.26. The standard InChI is InChI=1S/C31H33FN8O2/c1-3-25-31(37(2)30-22(16-33)6-9-26(35-30)20-4-7-23(32)8-5-20)40-28(34-25)11-10-27(36-40)21-12-14-38(15-13-21)19-29(42)39-17-24(41)18-39/h4-11,21,24,41H,3,12-15,17-19H2,1-2H3. The van der Waals surface area contributed by atoms with Crippen molar-refractivity contribution in [3.8, 4) is 17.3 Å². The molecule has 0 atom stereocenters. The molecular weight excluding hydrogens is 535 g/mol. The van der Waals surface area contributed by atoms with Gasteiger partial charge in [-0.3, -0.25) is 9.69 Å². The van der Waals surface area contributed by atoms with Crippen LogP contribution >= 0.6 is 0 Å². The second-order valence-electron chi connectivity index (χ2n) is 11.0. The molecule has 11 heteroatoms. The van der Waals surface area contributed by atoms with Crippen LogP contribution < -0.4 is 4.90 Å². The summed E-state index contributed by atoms with van der Waals surface area (Å²) >= 11 is 0. The first-order valence-electron chi connectivity index (χ1n) is 14.3. The van der Waals surface area contributed by atoms with E-state index in [0.717, 1.165) is 48.7 Å². The van der Waals surface area contributed by atoms with Gasteiger partial charge in [0.25, 0.3) is 0 Å². The molecule has 2 saturated heterocycles. The Bertz CT molecular complexity index is 1650. The second-order valence-corrected chi connectivity index (χ2v) is 11.0. The number of halogens is 1. The molecule has 1 aromatic carbocycles. The van der Waals surface area contributed by atoms with E-state index in [4.69, 9.17) is 15.1 Å². The third-order valence-electron chi connectivity index (χ3n) is 8.23. The Morgan fingerprint density at radius 1 is 1.10 bits per heavy atom. The SMILES string of the molecule is CCc1nc2ccc(C3CCN(CC(=O)N4CC(O)C4)CC3)nn2c1N(C)c1nc(-c2ccc(F)cc2)ccc1C#N. The Labute approximate surface area is 243 Å². The highest BCUT2D eigenvalue weighted by Crippen LogP contribution is 2.33. The number of hydrogen-bond donors (Lipinski definition) is 1. The van der Waals surface area contributed by atoms with Crippen LogP contribution in [-0.2, 0) is 11.2 Å². The van der Waals surface area contributed by atoms with Crippen molar-refractivity contribution in [2.75, 3.05) is 44.7 Å². The van der Waals surface area contributed by atoms with Crippen molar-refractivity contribution in [1.29, 1.82) is 5.26 Å². The molecule has 0 aliphatic carbocycles. The molecule has 0 bridgehead atoms. The number of benzene rings is 1. The maximum absolute atomic E-state index is 13.5. The monoisotopic (exact) mass is 568 g/mol. The molecule has 3 aromatic heterocycles. The number of aliphatic hydroxyl groups excluding tert-OH is 1. The van der Waals surface area contributed by atoms with E-state index in [-0.39, 0.29) is 23.7 Å². The number of pyridine rings is 1. The molecule has 10 nitrogen and oxygen atoms in total. The predicted octanol–water partition coefficient (Wildman–Crippen LogP) is 3.51. The van der Waals surface area contributed by atoms with E-state index in [2.05, 4.69) is 11.0 Å². The number of hydrogen-bond acceptors (Lipinski definition) is 8. The number of nitrogens with zero attached hydrogens (tertiary/aromatic N) is 8. The van der Waals surface area contributed by atoms with Gasteiger partial charge >= 0.3 is 0 Å². The number of piperidine rings is 1. The first kappa shape index (κ1) is 27.8. The van der Waals surface area contributed by atoms with E-state index in [1.54, 1.807) is 29.2 Å². The van der Waals surface area contributed by atoms with Crippen LogP contribution in [0.15, 0.2) is 48.5 Å². The molecule has 0 radical (unpaired) electrons. The largest absolute Gasteiger partial charge is 0.389 e. The molecule has 5 heterocycles. The van der Waals surface area contributed by atoms with Crippen molar-refractivity contribution in [2.45, 2.75) is 38.2 Å². The Hall–Kier alpha value is -4.40. The highest BCUT2D eigenvalue weighted by atomic mass is 19.1. The van der Waals surface area contributed by atoms with Crippen LogP contribution in [0.3, 0.4) is 0 Å². The lowest BCUT2D eigenvalue weighted by Crippen LogP contribution is -2.56. The van der Waals surface area contributed by atoms with Gasteiger partial charge in [0.15, 0.2) is 17.3 Å². The summed E-state index contributed by atoms with van der Waals surface area (Å²) in [5, 5.41) is 24.4. The van der Waals surface area contributed by atoms with E-state index in [0.29, 0.717) is 48.8 Å². The van der Waals surface area contributed by atoms with Crippen molar-refractivity contribution in [3.63, 3.8) is 0 Å². The van der Waals surface area contributed by atoms with Gasteiger partial charge in [-0.05, 0) is 80.9 Å². The summed E-state index contributed by atoms with van der Waals surface area (Å²) < 4.78 is 15.4. The van der Waals surface area contributed by atoms with Crippen LogP contribution in [0.4, 0.5) is 16.0 Å². The van der Waals surface area contributed by atoms with Crippen LogP contribution in [0.1, 0.15) is 42.6 Å². The number of rotatable bonds is 7. The van der Waals surface area contributed by atoms with Gasteiger partial charge in [-0.1, -0.05) is 6.92 Å². The zero-order valence-electron chi connectivity index (χ0n) is 23.7. The molecule has 1 N–H and O–H groups in total. The van der Waals surface area contributed by atoms with E-state index in [1.165, 1.54) is 12.1 Å². The van der Waals surface area contributed by atoms with Crippen LogP contribution in [0, 0.1) is 17.1 Å². The van der Waals surface area contributed by atoms with Gasteiger partial charge in [-0.15, -0.1) is 0 Å². The number of aliphatic hydroxyl groups is 1. The van der Waals surface area contributed by atoms with Gasteiger partial charge in [-0.25, -0.2) is 14.4 Å². The van der Waals surface area contributed by atoms with Gasteiger partial charge in [0, 0.05) is 31.6 Å². The number of likely N-dealkylation sites (tertiary alicyclic amines) is 2. The number of imidazole rings is 1. The number of anilines is 2. The van der Waals surface area contributed by atoms with E-state index >= 15 is 0 Å². The molecule has 0 unspecified atom stereocenters. The van der Waals surface area contributed by atoms with Crippen molar-refractivity contribution in [2.24, 2.45) is 0 Å². The van der Waals surface area contributed by atoms with Crippen molar-refractivity contribution in [1.82, 2.24) is 29.4 Å². The first-order chi connectivity index (χ1) is 20.3. The summed E-state index contributed by atoms with van der Waals surface area (Å²) in [5.41, 5.74) is 4.30. The number of nitriles is 1. The summed E-state index contributed by atoms with van der Waals surface area (Å²) in [6.07, 6.45) is 2.05. The Morgan fingerprint density at radius 2 is 1.83 bits per heavy atom. The fourth-order valence-electron chi connectivity index (χ4n) is 5.78. The van der Waals surface area contributed by atoms with Gasteiger partial charge in [0.1, 0.15) is 11.9 Å². The lowest BCUT2D eigenvalue weighted by Gasteiger charge is -2.38. The van der Waals surface area contributed by atoms with E-state index in [1.807, 2.05) is 35.5 Å². The smallest absolute Gasteiger partial charge is 0.236 e. The molecule has 0 spiro atoms. The molecule has 0 saturated carbocycles. The van der Waals surface area contributed by atoms with Crippen LogP contribution in [0.25, 0.3) is 16.9 Å². The summed E-state index contributed by atoms with van der Waals surface area (Å²) in [5.74, 6) is 1.21. The van der Waals surface area contributed by atoms with Gasteiger partial charge in [-0.2, -0.15) is 14.9 Å². The lowest BCUT2D eigenvalue weighted by atomic mass is 9.93. The molecule has 42 heavy (non-hydrogen) atoms. The number of carbonyl (C=O) groups is 1. The number of amides is 1. The van der Waals surface area contributed by atoms with E-state index in [9.17, 15) is 19.6 Å². The zero-order valence-corrected chi connectivity index (χ0v) is 23.7. The quantitative estimate of drug-likeness (QED) is 0.360. The fourth-order valence-corrected chi connectivity index (χ4v) is 5.78. The third kappa shape index (κ3) is 5.31. The maximum atomic E-state index is 13.5. The van der Waals surface area contributed by atoms with Gasteiger partial charge < -0.3 is 14.9 Å². The first-order valence-corrected chi connectivity index (χ1v) is 14.3. The Kier molecular flexibility index (Phi) is 7.58. The molecule has 2 fully saturated rings. The number of carbonyl (C=O) groups excluding carboxylic acids is 1. The highest BCUT2D eigenvalue weighted by Gasteiger charge is 2.31. The highest BCUT2D eigenvalue weighted by molar-refractivity contribution is 5.79. The number of fused-ring (bicyclic) bond motifs is 1. The third-order valence-corrected chi connectivity index (χ3v) is 8.23. The molecule has 1 amide bonds. The zero-order chi connectivity index (χ0) is 29.4. The van der Waals surface area contributed by atoms with Gasteiger partial charge in [0.05, 0.1) is 35.3 Å². The summed E-state index contributed by atoms with van der Waals surface area (Å²) in [7, 11) is 1.86. The summed E-state index contributed by atoms with van der Waals surface area (Å²) in [6.45, 7) is 4.88. The normalized spacial score (nSPS) is 16.4. The van der Waals surface area contributed by atoms with Crippen molar-refractivity contribution in [3.05, 3.63) is 71.3 Å². The molecule has 6 rings (SSSR count). The second kappa shape index (κ2) is 11.5. The molecular formula is C31H33FN8O2. The van der Waals surface area contributed by atoms with Crippen LogP contribution in [-0.4, -0.2) is 86.3 Å². The van der Waals surface area contributed by atoms with Crippen molar-refractivity contribution >= 4 is 23.2 Å². The molecule has 216 valence electrons. The van der Waals surface area contributed by atoms with Crippen molar-refractivity contribution < 1.29 is 14.3 Å². The topological polar surface area (TPSA) is 114 Å². The average Bonchev–Trinajstić information content (AvgIpc) is 3.37. The minimum Gasteiger partial charge on any atom is -0.389 e. The molecule has 2 aliphatic heterocycles. The van der Waals surface area contributed by atoms with E-state index < -0.39 is 0 Å². The minimum atomic E-state index is -0.387. The maximum Gasteiger partial charge on any atom is 0.236 e. The number of aryl methyl sites for hydroxylation is 1. The predicted molar refractivity (Wildman–Crippen MR) is 156 cm³/mol. The summed E-state index contributed by atoms with van der Waals surface area (Å²) in [4.78, 5) is 27.8. The number of β-amino-alcohol motifs (C(OH)–C–C–N with tert-alkyl or cyclic N) is 1. The minimum absolute atomic E-state index is 0.0744. The molecule has 4 aromatic rings. The Morgan fingerprint density at radius 3 is 2.50 bits per heavy atom. The van der Waals surface area contributed by atoms with Gasteiger partial charge in [0.2, 0.25) is 5.91 Å². The molecule has 2 aliphatic rings. The summed E-state index contributed by atoms with van der Waals surface area (Å²) in [6, 6.07) is 15.9. The fraction of sp³-hybridized carbons (Fsp3) is 0.387. The van der Waals surface area contributed by atoms with Crippen LogP contribution in [0.2, 0.25) is 0 Å². The average molecular weight is 569 g/mol. The van der Waals surface area contributed by atoms with Crippen LogP contribution in [0.5, 0.6) is 0 Å². The lowest BCUT2D eigenvalue weighted by molar-refractivity contribution is -0.142. The number of aromatic nitrogens is 4.